The van der Waals surface area contributed by atoms with Crippen LogP contribution < -0.4 is 10.1 Å². The molecule has 0 unspecified atom stereocenters. The van der Waals surface area contributed by atoms with E-state index in [4.69, 9.17) is 11.2 Å². The van der Waals surface area contributed by atoms with E-state index in [1.165, 1.54) is 17.0 Å². The Kier molecular flexibility index (Phi) is 6.41. The molecule has 1 N–H and O–H groups in total. The van der Waals surface area contributed by atoms with Gasteiger partial charge in [0.25, 0.3) is 0 Å². The summed E-state index contributed by atoms with van der Waals surface area (Å²) in [6.07, 6.45) is 5.06. The van der Waals surface area contributed by atoms with Crippen LogP contribution in [0, 0.1) is 18.2 Å². The highest BCUT2D eigenvalue weighted by Gasteiger charge is 2.07. The van der Waals surface area contributed by atoms with Crippen LogP contribution in [0.4, 0.5) is 4.39 Å². The van der Waals surface area contributed by atoms with E-state index in [0.29, 0.717) is 25.4 Å². The van der Waals surface area contributed by atoms with Crippen molar-refractivity contribution in [3.63, 3.8) is 0 Å². The fourth-order valence-electron chi connectivity index (χ4n) is 1.36. The quantitative estimate of drug-likeness (QED) is 0.587. The third kappa shape index (κ3) is 5.89. The molecule has 1 aromatic rings. The molecule has 1 rings (SSSR count). The topological polar surface area (TPSA) is 41.6 Å². The van der Waals surface area contributed by atoms with Gasteiger partial charge >= 0.3 is 0 Å². The Labute approximate surface area is 112 Å². The summed E-state index contributed by atoms with van der Waals surface area (Å²) in [6, 6.07) is 5.89. The summed E-state index contributed by atoms with van der Waals surface area (Å²) in [5, 5.41) is 2.81. The Hall–Kier alpha value is -2.06. The number of benzene rings is 1. The molecule has 0 heterocycles. The standard InChI is InChI=1S/C14H17FN2O2/c1-3-7-16-11-14(18)17(2)8-9-19-13-6-4-5-12(15)10-13/h1,4-6,10,16H,7-9,11H2,2H3. The lowest BCUT2D eigenvalue weighted by atomic mass is 10.3. The zero-order valence-electron chi connectivity index (χ0n) is 10.9. The van der Waals surface area contributed by atoms with Gasteiger partial charge in [0, 0.05) is 13.1 Å². The fourth-order valence-corrected chi connectivity index (χ4v) is 1.36. The molecule has 4 nitrogen and oxygen atoms in total. The van der Waals surface area contributed by atoms with Gasteiger partial charge in [-0.2, -0.15) is 0 Å². The van der Waals surface area contributed by atoms with Crippen molar-refractivity contribution < 1.29 is 13.9 Å². The van der Waals surface area contributed by atoms with Gasteiger partial charge in [0.1, 0.15) is 18.2 Å². The van der Waals surface area contributed by atoms with Crippen LogP contribution in [-0.4, -0.2) is 44.1 Å². The van der Waals surface area contributed by atoms with E-state index in [0.717, 1.165) is 0 Å². The number of terminal acetylenes is 1. The SMILES string of the molecule is C#CCNCC(=O)N(C)CCOc1cccc(F)c1. The molecule has 5 heteroatoms. The van der Waals surface area contributed by atoms with Crippen LogP contribution in [0.3, 0.4) is 0 Å². The second kappa shape index (κ2) is 8.11. The molecule has 1 amide bonds. The lowest BCUT2D eigenvalue weighted by Gasteiger charge is -2.17. The number of hydrogen-bond acceptors (Lipinski definition) is 3. The van der Waals surface area contributed by atoms with Crippen molar-refractivity contribution >= 4 is 5.91 Å². The predicted octanol–water partition coefficient (Wildman–Crippen LogP) is 0.886. The van der Waals surface area contributed by atoms with Gasteiger partial charge in [-0.3, -0.25) is 10.1 Å². The van der Waals surface area contributed by atoms with Gasteiger partial charge in [-0.15, -0.1) is 6.42 Å². The molecule has 0 saturated carbocycles. The van der Waals surface area contributed by atoms with Gasteiger partial charge in [0.15, 0.2) is 0 Å². The first kappa shape index (κ1) is 15.0. The number of likely N-dealkylation sites (N-methyl/N-ethyl adjacent to an activating group) is 1. The van der Waals surface area contributed by atoms with E-state index in [9.17, 15) is 9.18 Å². The fraction of sp³-hybridized carbons (Fsp3) is 0.357. The highest BCUT2D eigenvalue weighted by Crippen LogP contribution is 2.11. The third-order valence-electron chi connectivity index (χ3n) is 2.42. The van der Waals surface area contributed by atoms with Crippen molar-refractivity contribution in [1.82, 2.24) is 10.2 Å². The zero-order chi connectivity index (χ0) is 14.1. The highest BCUT2D eigenvalue weighted by molar-refractivity contribution is 5.77. The van der Waals surface area contributed by atoms with Gasteiger partial charge in [-0.1, -0.05) is 12.0 Å². The Morgan fingerprint density at radius 1 is 1.58 bits per heavy atom. The summed E-state index contributed by atoms with van der Waals surface area (Å²) in [7, 11) is 1.68. The molecule has 0 saturated heterocycles. The number of rotatable bonds is 7. The summed E-state index contributed by atoms with van der Waals surface area (Å²) < 4.78 is 18.2. The summed E-state index contributed by atoms with van der Waals surface area (Å²) >= 11 is 0. The Morgan fingerprint density at radius 3 is 3.05 bits per heavy atom. The van der Waals surface area contributed by atoms with Crippen molar-refractivity contribution in [2.45, 2.75) is 0 Å². The normalized spacial score (nSPS) is 9.74. The molecule has 0 aliphatic carbocycles. The number of amides is 1. The number of halogens is 1. The second-order valence-electron chi connectivity index (χ2n) is 3.93. The summed E-state index contributed by atoms with van der Waals surface area (Å²) in [4.78, 5) is 13.1. The van der Waals surface area contributed by atoms with Crippen LogP contribution in [0.5, 0.6) is 5.75 Å². The third-order valence-corrected chi connectivity index (χ3v) is 2.42. The van der Waals surface area contributed by atoms with E-state index in [1.807, 2.05) is 0 Å². The maximum Gasteiger partial charge on any atom is 0.236 e. The Bertz CT molecular complexity index is 457. The van der Waals surface area contributed by atoms with Crippen molar-refractivity contribution in [2.24, 2.45) is 0 Å². The summed E-state index contributed by atoms with van der Waals surface area (Å²) in [5.74, 6) is 2.42. The Balaban J connectivity index is 2.25. The first-order valence-electron chi connectivity index (χ1n) is 5.90. The van der Waals surface area contributed by atoms with Gasteiger partial charge < -0.3 is 9.64 Å². The molecule has 0 aliphatic rings. The van der Waals surface area contributed by atoms with Crippen molar-refractivity contribution in [3.05, 3.63) is 30.1 Å². The average molecular weight is 264 g/mol. The summed E-state index contributed by atoms with van der Waals surface area (Å²) in [5.41, 5.74) is 0. The van der Waals surface area contributed by atoms with Crippen LogP contribution in [0.15, 0.2) is 24.3 Å². The lowest BCUT2D eigenvalue weighted by molar-refractivity contribution is -0.129. The van der Waals surface area contributed by atoms with Gasteiger partial charge in [0.2, 0.25) is 5.91 Å². The van der Waals surface area contributed by atoms with Gasteiger partial charge in [-0.25, -0.2) is 4.39 Å². The van der Waals surface area contributed by atoms with E-state index in [1.54, 1.807) is 19.2 Å². The van der Waals surface area contributed by atoms with Crippen LogP contribution in [0.25, 0.3) is 0 Å². The Morgan fingerprint density at radius 2 is 2.37 bits per heavy atom. The molecule has 0 spiro atoms. The van der Waals surface area contributed by atoms with Crippen LogP contribution in [0.2, 0.25) is 0 Å². The van der Waals surface area contributed by atoms with Gasteiger partial charge in [0.05, 0.1) is 19.6 Å². The second-order valence-corrected chi connectivity index (χ2v) is 3.93. The molecule has 0 aliphatic heterocycles. The maximum atomic E-state index is 12.9. The van der Waals surface area contributed by atoms with E-state index in [-0.39, 0.29) is 18.3 Å². The minimum absolute atomic E-state index is 0.0712. The zero-order valence-corrected chi connectivity index (χ0v) is 10.9. The molecule has 1 aromatic carbocycles. The number of carbonyl (C=O) groups is 1. The van der Waals surface area contributed by atoms with E-state index >= 15 is 0 Å². The van der Waals surface area contributed by atoms with Crippen LogP contribution in [0.1, 0.15) is 0 Å². The molecule has 0 fully saturated rings. The number of ether oxygens (including phenoxy) is 1. The molecule has 0 aromatic heterocycles. The predicted molar refractivity (Wildman–Crippen MR) is 71.2 cm³/mol. The maximum absolute atomic E-state index is 12.9. The van der Waals surface area contributed by atoms with Crippen LogP contribution >= 0.6 is 0 Å². The molecular formula is C14H17FN2O2. The molecule has 102 valence electrons. The monoisotopic (exact) mass is 264 g/mol. The molecule has 0 bridgehead atoms. The van der Waals surface area contributed by atoms with Crippen molar-refractivity contribution in [1.29, 1.82) is 0 Å². The van der Waals surface area contributed by atoms with E-state index < -0.39 is 0 Å². The van der Waals surface area contributed by atoms with Crippen molar-refractivity contribution in [3.8, 4) is 18.1 Å². The lowest BCUT2D eigenvalue weighted by Crippen LogP contribution is -2.37. The molecule has 0 atom stereocenters. The minimum Gasteiger partial charge on any atom is -0.492 e. The largest absolute Gasteiger partial charge is 0.492 e. The van der Waals surface area contributed by atoms with Crippen molar-refractivity contribution in [2.75, 3.05) is 33.3 Å². The number of carbonyl (C=O) groups excluding carboxylic acids is 1. The average Bonchev–Trinajstić information content (AvgIpc) is 2.39. The number of hydrogen-bond donors (Lipinski definition) is 1. The molecule has 0 radical (unpaired) electrons. The summed E-state index contributed by atoms with van der Waals surface area (Å²) in [6.45, 7) is 1.29. The first-order chi connectivity index (χ1) is 9.13. The molecule has 19 heavy (non-hydrogen) atoms. The number of nitrogens with zero attached hydrogens (tertiary/aromatic N) is 1. The highest BCUT2D eigenvalue weighted by atomic mass is 19.1. The first-order valence-corrected chi connectivity index (χ1v) is 5.90. The smallest absolute Gasteiger partial charge is 0.236 e. The van der Waals surface area contributed by atoms with Gasteiger partial charge in [-0.05, 0) is 12.1 Å². The minimum atomic E-state index is -0.347. The van der Waals surface area contributed by atoms with E-state index in [2.05, 4.69) is 11.2 Å². The number of nitrogens with one attached hydrogen (secondary N) is 1. The molecular weight excluding hydrogens is 247 g/mol. The van der Waals surface area contributed by atoms with Crippen LogP contribution in [-0.2, 0) is 4.79 Å².